The number of carbonyl (C=O) groups excluding carboxylic acids is 1. The lowest BCUT2D eigenvalue weighted by atomic mass is 10.1. The van der Waals surface area contributed by atoms with Crippen LogP contribution in [0.5, 0.6) is 0 Å². The molecule has 1 aliphatic rings. The van der Waals surface area contributed by atoms with E-state index in [1.807, 2.05) is 0 Å². The second-order valence-corrected chi connectivity index (χ2v) is 7.20. The van der Waals surface area contributed by atoms with Gasteiger partial charge in [-0.05, 0) is 12.1 Å². The number of benzene rings is 1. The lowest BCUT2D eigenvalue weighted by Gasteiger charge is -2.28. The third-order valence-corrected chi connectivity index (χ3v) is 5.05. The van der Waals surface area contributed by atoms with Crippen LogP contribution in [0.2, 0.25) is 5.02 Å². The zero-order chi connectivity index (χ0) is 22.0. The number of alkyl halides is 2. The Morgan fingerprint density at radius 1 is 1.29 bits per heavy atom. The first-order valence-corrected chi connectivity index (χ1v) is 9.55. The zero-order valence-electron chi connectivity index (χ0n) is 15.9. The highest BCUT2D eigenvalue weighted by molar-refractivity contribution is 6.30. The quantitative estimate of drug-likeness (QED) is 0.607. The zero-order valence-corrected chi connectivity index (χ0v) is 16.7. The summed E-state index contributed by atoms with van der Waals surface area (Å²) in [6, 6.07) is 2.95. The number of amides is 1. The summed E-state index contributed by atoms with van der Waals surface area (Å²) in [7, 11) is 0. The highest BCUT2D eigenvalue weighted by Crippen LogP contribution is 2.36. The van der Waals surface area contributed by atoms with Crippen molar-refractivity contribution in [2.24, 2.45) is 0 Å². The Balaban J connectivity index is 1.64. The van der Waals surface area contributed by atoms with Gasteiger partial charge < -0.3 is 10.2 Å². The average Bonchev–Trinajstić information content (AvgIpc) is 3.40. The van der Waals surface area contributed by atoms with Crippen LogP contribution in [0.1, 0.15) is 16.8 Å². The minimum atomic E-state index is -3.11. The molecule has 3 aromatic rings. The SMILES string of the molecule is [C-]#[N+]c1ccc(-n2nccn2)c(C(=O)N2CCC(F)(F)[C@H]2CNc2ncc(Cl)cn2)c1. The lowest BCUT2D eigenvalue weighted by molar-refractivity contribution is -0.0249. The van der Waals surface area contributed by atoms with Gasteiger partial charge in [0.1, 0.15) is 6.04 Å². The van der Waals surface area contributed by atoms with Gasteiger partial charge in [0.15, 0.2) is 5.69 Å². The Bertz CT molecular complexity index is 1130. The number of likely N-dealkylation sites (tertiary alicyclic amines) is 1. The van der Waals surface area contributed by atoms with Crippen molar-refractivity contribution in [3.63, 3.8) is 0 Å². The number of hydrogen-bond acceptors (Lipinski definition) is 6. The van der Waals surface area contributed by atoms with Crippen LogP contribution in [0.3, 0.4) is 0 Å². The third-order valence-electron chi connectivity index (χ3n) is 4.86. The van der Waals surface area contributed by atoms with Crippen LogP contribution in [-0.4, -0.2) is 60.8 Å². The second-order valence-electron chi connectivity index (χ2n) is 6.76. The maximum Gasteiger partial charge on any atom is 0.271 e. The fraction of sp³-hybridized carbons (Fsp3) is 0.263. The fourth-order valence-electron chi connectivity index (χ4n) is 3.35. The smallest absolute Gasteiger partial charge is 0.271 e. The van der Waals surface area contributed by atoms with Crippen molar-refractivity contribution in [2.75, 3.05) is 18.4 Å². The summed E-state index contributed by atoms with van der Waals surface area (Å²) in [4.78, 5) is 26.8. The number of aromatic nitrogens is 5. The minimum Gasteiger partial charge on any atom is -0.352 e. The fourth-order valence-corrected chi connectivity index (χ4v) is 3.45. The highest BCUT2D eigenvalue weighted by Gasteiger charge is 2.50. The molecule has 1 aromatic carbocycles. The van der Waals surface area contributed by atoms with E-state index in [4.69, 9.17) is 18.2 Å². The van der Waals surface area contributed by atoms with Gasteiger partial charge in [0.2, 0.25) is 5.95 Å². The molecule has 0 aliphatic carbocycles. The molecule has 0 spiro atoms. The van der Waals surface area contributed by atoms with Gasteiger partial charge in [-0.15, -0.1) is 0 Å². The topological polar surface area (TPSA) is 93.2 Å². The molecule has 12 heteroatoms. The molecule has 1 atom stereocenters. The van der Waals surface area contributed by atoms with Gasteiger partial charge in [-0.2, -0.15) is 15.0 Å². The number of carbonyl (C=O) groups is 1. The summed E-state index contributed by atoms with van der Waals surface area (Å²) < 4.78 is 29.3. The summed E-state index contributed by atoms with van der Waals surface area (Å²) in [5.74, 6) is -3.63. The average molecular weight is 445 g/mol. The Kier molecular flexibility index (Phi) is 5.48. The number of halogens is 3. The normalized spacial score (nSPS) is 17.4. The molecule has 1 N–H and O–H groups in total. The van der Waals surface area contributed by atoms with E-state index in [0.29, 0.717) is 10.7 Å². The predicted octanol–water partition coefficient (Wildman–Crippen LogP) is 3.22. The summed E-state index contributed by atoms with van der Waals surface area (Å²) >= 11 is 5.74. The molecule has 3 heterocycles. The van der Waals surface area contributed by atoms with Crippen LogP contribution in [-0.2, 0) is 0 Å². The van der Waals surface area contributed by atoms with Gasteiger partial charge in [-0.25, -0.2) is 23.6 Å². The van der Waals surface area contributed by atoms with Crippen LogP contribution >= 0.6 is 11.6 Å². The molecule has 0 bridgehead atoms. The van der Waals surface area contributed by atoms with Crippen LogP contribution in [0.4, 0.5) is 20.4 Å². The third kappa shape index (κ3) is 4.15. The maximum atomic E-state index is 14.6. The minimum absolute atomic E-state index is 0.0649. The molecule has 4 rings (SSSR count). The predicted molar refractivity (Wildman–Crippen MR) is 108 cm³/mol. The van der Waals surface area contributed by atoms with Gasteiger partial charge in [0.05, 0.1) is 47.6 Å². The van der Waals surface area contributed by atoms with Gasteiger partial charge >= 0.3 is 0 Å². The van der Waals surface area contributed by atoms with E-state index in [0.717, 1.165) is 4.90 Å². The van der Waals surface area contributed by atoms with Crippen molar-refractivity contribution in [2.45, 2.75) is 18.4 Å². The Morgan fingerprint density at radius 3 is 2.68 bits per heavy atom. The second kappa shape index (κ2) is 8.23. The number of rotatable bonds is 5. The Labute approximate surface area is 180 Å². The molecule has 9 nitrogen and oxygen atoms in total. The standard InChI is InChI=1S/C19H15ClF2N8O/c1-23-13-2-3-15(30-27-5-6-28-30)14(8-13)17(31)29-7-4-19(21,22)16(29)11-26-18-24-9-12(20)10-25-18/h2-3,5-6,8-10,16H,4,7,11H2,(H,24,25,26)/t16-/m1/s1. The van der Waals surface area contributed by atoms with E-state index < -0.39 is 24.3 Å². The molecule has 0 saturated carbocycles. The van der Waals surface area contributed by atoms with E-state index in [9.17, 15) is 13.6 Å². The molecular formula is C19H15ClF2N8O. The van der Waals surface area contributed by atoms with Gasteiger partial charge in [-0.3, -0.25) is 4.79 Å². The van der Waals surface area contributed by atoms with Crippen LogP contribution in [0, 0.1) is 6.57 Å². The van der Waals surface area contributed by atoms with Gasteiger partial charge in [-0.1, -0.05) is 17.7 Å². The van der Waals surface area contributed by atoms with Gasteiger partial charge in [0.25, 0.3) is 11.8 Å². The highest BCUT2D eigenvalue weighted by atomic mass is 35.5. The summed E-state index contributed by atoms with van der Waals surface area (Å²) in [5.41, 5.74) is 0.565. The van der Waals surface area contributed by atoms with E-state index in [-0.39, 0.29) is 30.3 Å². The molecule has 1 saturated heterocycles. The molecular weight excluding hydrogens is 430 g/mol. The van der Waals surface area contributed by atoms with Crippen molar-refractivity contribution >= 4 is 29.1 Å². The van der Waals surface area contributed by atoms with Crippen molar-refractivity contribution < 1.29 is 13.6 Å². The Hall–Kier alpha value is -3.65. The molecule has 1 amide bonds. The monoisotopic (exact) mass is 444 g/mol. The van der Waals surface area contributed by atoms with Crippen LogP contribution < -0.4 is 5.32 Å². The molecule has 2 aromatic heterocycles. The van der Waals surface area contributed by atoms with Crippen molar-refractivity contribution in [3.05, 3.63) is 65.0 Å². The summed E-state index contributed by atoms with van der Waals surface area (Å²) in [6.07, 6.45) is 5.06. The number of anilines is 1. The van der Waals surface area contributed by atoms with Crippen molar-refractivity contribution in [1.82, 2.24) is 29.9 Å². The molecule has 158 valence electrons. The first-order valence-electron chi connectivity index (χ1n) is 9.17. The summed E-state index contributed by atoms with van der Waals surface area (Å²) in [6.45, 7) is 6.81. The number of nitrogens with one attached hydrogen (secondary N) is 1. The molecule has 1 fully saturated rings. The van der Waals surface area contributed by atoms with Gasteiger partial charge in [0, 0.05) is 19.5 Å². The van der Waals surface area contributed by atoms with Crippen molar-refractivity contribution in [1.29, 1.82) is 0 Å². The largest absolute Gasteiger partial charge is 0.352 e. The van der Waals surface area contributed by atoms with E-state index in [1.165, 1.54) is 47.8 Å². The molecule has 0 radical (unpaired) electrons. The number of hydrogen-bond donors (Lipinski definition) is 1. The van der Waals surface area contributed by atoms with E-state index >= 15 is 0 Å². The van der Waals surface area contributed by atoms with Crippen molar-refractivity contribution in [3.8, 4) is 5.69 Å². The summed E-state index contributed by atoms with van der Waals surface area (Å²) in [5, 5.41) is 11.1. The molecule has 31 heavy (non-hydrogen) atoms. The van der Waals surface area contributed by atoms with E-state index in [1.54, 1.807) is 0 Å². The van der Waals surface area contributed by atoms with E-state index in [2.05, 4.69) is 30.3 Å². The van der Waals surface area contributed by atoms with Crippen LogP contribution in [0.25, 0.3) is 10.5 Å². The Morgan fingerprint density at radius 2 is 2.00 bits per heavy atom. The lowest BCUT2D eigenvalue weighted by Crippen LogP contribution is -2.47. The molecule has 1 aliphatic heterocycles. The number of nitrogens with zero attached hydrogens (tertiary/aromatic N) is 7. The maximum absolute atomic E-state index is 14.6. The first-order chi connectivity index (χ1) is 14.9. The molecule has 0 unspecified atom stereocenters. The van der Waals surface area contributed by atoms with Crippen LogP contribution in [0.15, 0.2) is 43.0 Å². The first kappa shape index (κ1) is 20.6.